The summed E-state index contributed by atoms with van der Waals surface area (Å²) in [6.45, 7) is 5.90. The molecular weight excluding hydrogens is 689 g/mol. The number of carbonyl (C=O) groups excluding carboxylic acids is 1. The second kappa shape index (κ2) is 18.3. The summed E-state index contributed by atoms with van der Waals surface area (Å²) < 4.78 is 35.6. The number of fused-ring (bicyclic) bond motifs is 1. The summed E-state index contributed by atoms with van der Waals surface area (Å²) in [6.07, 6.45) is 9.71. The Kier molecular flexibility index (Phi) is 13.9. The quantitative estimate of drug-likeness (QED) is 0.0999. The molecule has 1 unspecified atom stereocenters. The first-order valence-corrected chi connectivity index (χ1v) is 18.7. The lowest BCUT2D eigenvalue weighted by molar-refractivity contribution is 0.0584. The van der Waals surface area contributed by atoms with Gasteiger partial charge in [0.15, 0.2) is 0 Å². The number of carbonyl (C=O) groups is 1. The zero-order chi connectivity index (χ0) is 34.8. The first-order chi connectivity index (χ1) is 23.6. The Morgan fingerprint density at radius 2 is 1.69 bits per heavy atom. The van der Waals surface area contributed by atoms with Crippen molar-refractivity contribution in [3.05, 3.63) is 85.4 Å². The van der Waals surface area contributed by atoms with E-state index in [0.29, 0.717) is 40.6 Å². The van der Waals surface area contributed by atoms with E-state index in [9.17, 15) is 18.4 Å². The van der Waals surface area contributed by atoms with Crippen LogP contribution in [0.2, 0.25) is 10.0 Å². The summed E-state index contributed by atoms with van der Waals surface area (Å²) in [6, 6.07) is 12.8. The monoisotopic (exact) mass is 732 g/mol. The SMILES string of the molecule is CC(Cc1cccc2[nH]c(=O)sc12)NCCCCCCCCCN1CCC(OC(=O)Nc2c(F)cc(F)cc2-c2cc(Cl)cc(Cl)c2)CC1. The molecule has 49 heavy (non-hydrogen) atoms. The first-order valence-electron chi connectivity index (χ1n) is 17.1. The molecular formula is C37H44Cl2F2N4O3S. The van der Waals surface area contributed by atoms with E-state index in [1.807, 2.05) is 12.1 Å². The summed E-state index contributed by atoms with van der Waals surface area (Å²) >= 11 is 13.5. The minimum atomic E-state index is -0.917. The van der Waals surface area contributed by atoms with Crippen molar-refractivity contribution in [3.8, 4) is 11.1 Å². The number of nitrogens with zero attached hydrogens (tertiary/aromatic N) is 1. The average molecular weight is 734 g/mol. The predicted octanol–water partition coefficient (Wildman–Crippen LogP) is 9.81. The topological polar surface area (TPSA) is 86.5 Å². The molecule has 1 amide bonds. The van der Waals surface area contributed by atoms with Gasteiger partial charge in [-0.3, -0.25) is 10.1 Å². The summed E-state index contributed by atoms with van der Waals surface area (Å²) in [7, 11) is 0. The van der Waals surface area contributed by atoms with Crippen LogP contribution in [-0.4, -0.2) is 54.3 Å². The molecule has 0 saturated carbocycles. The number of piperidine rings is 1. The van der Waals surface area contributed by atoms with E-state index >= 15 is 0 Å². The van der Waals surface area contributed by atoms with Crippen LogP contribution in [-0.2, 0) is 11.2 Å². The first kappa shape index (κ1) is 37.2. The molecule has 4 aromatic rings. The second-order valence-corrected chi connectivity index (χ2v) is 14.7. The van der Waals surface area contributed by atoms with E-state index in [2.05, 4.69) is 33.5 Å². The fourth-order valence-corrected chi connectivity index (χ4v) is 7.84. The molecule has 1 aliphatic rings. The van der Waals surface area contributed by atoms with Gasteiger partial charge in [0.1, 0.15) is 17.7 Å². The molecule has 1 aliphatic heterocycles. The third-order valence-corrected chi connectivity index (χ3v) is 10.4. The number of unbranched alkanes of at least 4 members (excludes halogenated alkanes) is 6. The number of hydrogen-bond donors (Lipinski definition) is 3. The van der Waals surface area contributed by atoms with Gasteiger partial charge in [0.25, 0.3) is 0 Å². The lowest BCUT2D eigenvalue weighted by Gasteiger charge is -2.31. The molecule has 3 aromatic carbocycles. The number of rotatable bonds is 16. The van der Waals surface area contributed by atoms with Crippen molar-refractivity contribution in [3.63, 3.8) is 0 Å². The van der Waals surface area contributed by atoms with E-state index in [0.717, 1.165) is 61.7 Å². The molecule has 0 spiro atoms. The average Bonchev–Trinajstić information content (AvgIpc) is 3.44. The molecule has 1 atom stereocenters. The number of nitrogens with one attached hydrogen (secondary N) is 3. The van der Waals surface area contributed by atoms with Crippen LogP contribution >= 0.6 is 34.5 Å². The van der Waals surface area contributed by atoms with Crippen LogP contribution in [0.25, 0.3) is 21.3 Å². The maximum absolute atomic E-state index is 14.8. The van der Waals surface area contributed by atoms with Gasteiger partial charge >= 0.3 is 11.0 Å². The van der Waals surface area contributed by atoms with E-state index in [1.165, 1.54) is 67.2 Å². The zero-order valence-corrected chi connectivity index (χ0v) is 30.1. The standard InChI is InChI=1S/C37H44Cl2F2N4O3S/c1-24(18-25-10-9-11-33-35(25)49-37(47)43-33)42-14-7-5-3-2-4-6-8-15-45-16-12-30(13-17-45)48-36(46)44-34-31(22-29(40)23-32(34)41)26-19-27(38)21-28(39)20-26/h9-11,19-24,30,42H,2-8,12-18H2,1H3,(H,43,47)(H,44,46). The number of amides is 1. The summed E-state index contributed by atoms with van der Waals surface area (Å²) in [5.41, 5.74) is 2.46. The fraction of sp³-hybridized carbons (Fsp3) is 0.459. The number of thiazole rings is 1. The normalized spacial score (nSPS) is 14.7. The highest BCUT2D eigenvalue weighted by atomic mass is 35.5. The molecule has 0 bridgehead atoms. The van der Waals surface area contributed by atoms with Crippen LogP contribution in [0.5, 0.6) is 0 Å². The van der Waals surface area contributed by atoms with Crippen molar-refractivity contribution in [1.29, 1.82) is 0 Å². The van der Waals surface area contributed by atoms with Gasteiger partial charge in [-0.15, -0.1) is 0 Å². The number of benzene rings is 3. The van der Waals surface area contributed by atoms with Crippen LogP contribution < -0.4 is 15.5 Å². The van der Waals surface area contributed by atoms with Gasteiger partial charge in [-0.25, -0.2) is 13.6 Å². The Hall–Kier alpha value is -3.02. The third-order valence-electron chi connectivity index (χ3n) is 8.96. The Morgan fingerprint density at radius 3 is 2.43 bits per heavy atom. The third kappa shape index (κ3) is 11.2. The van der Waals surface area contributed by atoms with Crippen LogP contribution in [0.1, 0.15) is 70.3 Å². The Labute approximate surface area is 300 Å². The number of anilines is 1. The Morgan fingerprint density at radius 1 is 1.00 bits per heavy atom. The Balaban J connectivity index is 0.912. The summed E-state index contributed by atoms with van der Waals surface area (Å²) in [5.74, 6) is -1.70. The fourth-order valence-electron chi connectivity index (χ4n) is 6.46. The molecule has 0 aliphatic carbocycles. The molecule has 1 aromatic heterocycles. The van der Waals surface area contributed by atoms with Crippen LogP contribution in [0, 0.1) is 11.6 Å². The smallest absolute Gasteiger partial charge is 0.412 e. The summed E-state index contributed by atoms with van der Waals surface area (Å²) in [5, 5.41) is 6.72. The number of likely N-dealkylation sites (tertiary alicyclic amines) is 1. The molecule has 0 radical (unpaired) electrons. The molecule has 264 valence electrons. The molecule has 1 saturated heterocycles. The van der Waals surface area contributed by atoms with Gasteiger partial charge in [0.2, 0.25) is 0 Å². The molecule has 5 rings (SSSR count). The van der Waals surface area contributed by atoms with Gasteiger partial charge in [-0.05, 0) is 93.6 Å². The van der Waals surface area contributed by atoms with Crippen LogP contribution in [0.3, 0.4) is 0 Å². The molecule has 7 nitrogen and oxygen atoms in total. The maximum Gasteiger partial charge on any atom is 0.412 e. The highest BCUT2D eigenvalue weighted by Crippen LogP contribution is 2.35. The lowest BCUT2D eigenvalue weighted by Crippen LogP contribution is -2.39. The van der Waals surface area contributed by atoms with Gasteiger partial charge in [0.05, 0.1) is 15.9 Å². The highest BCUT2D eigenvalue weighted by molar-refractivity contribution is 7.16. The number of halogens is 4. The number of hydrogen-bond acceptors (Lipinski definition) is 6. The van der Waals surface area contributed by atoms with Gasteiger partial charge in [-0.2, -0.15) is 0 Å². The molecule has 12 heteroatoms. The number of aromatic amines is 1. The van der Waals surface area contributed by atoms with E-state index in [4.69, 9.17) is 27.9 Å². The minimum Gasteiger partial charge on any atom is -0.446 e. The van der Waals surface area contributed by atoms with Crippen molar-refractivity contribution >= 4 is 56.5 Å². The second-order valence-electron chi connectivity index (χ2n) is 12.9. The number of aromatic nitrogens is 1. The molecule has 3 N–H and O–H groups in total. The summed E-state index contributed by atoms with van der Waals surface area (Å²) in [4.78, 5) is 29.8. The van der Waals surface area contributed by atoms with Crippen LogP contribution in [0.15, 0.2) is 53.3 Å². The van der Waals surface area contributed by atoms with Crippen molar-refractivity contribution in [2.24, 2.45) is 0 Å². The molecule has 1 fully saturated rings. The Bertz CT molecular complexity index is 1740. The predicted molar refractivity (Wildman–Crippen MR) is 197 cm³/mol. The van der Waals surface area contributed by atoms with E-state index in [1.54, 1.807) is 0 Å². The zero-order valence-electron chi connectivity index (χ0n) is 27.8. The van der Waals surface area contributed by atoms with Crippen molar-refractivity contribution in [1.82, 2.24) is 15.2 Å². The number of H-pyrrole nitrogens is 1. The van der Waals surface area contributed by atoms with Gasteiger partial charge < -0.3 is 19.9 Å². The van der Waals surface area contributed by atoms with Gasteiger partial charge in [-0.1, -0.05) is 78.8 Å². The highest BCUT2D eigenvalue weighted by Gasteiger charge is 2.24. The van der Waals surface area contributed by atoms with Crippen molar-refractivity contribution < 1.29 is 18.3 Å². The van der Waals surface area contributed by atoms with Gasteiger partial charge in [0, 0.05) is 40.8 Å². The maximum atomic E-state index is 14.8. The van der Waals surface area contributed by atoms with E-state index < -0.39 is 17.7 Å². The number of ether oxygens (including phenoxy) is 1. The minimum absolute atomic E-state index is 0.000302. The lowest BCUT2D eigenvalue weighted by atomic mass is 10.0. The largest absolute Gasteiger partial charge is 0.446 e. The van der Waals surface area contributed by atoms with Crippen molar-refractivity contribution in [2.45, 2.75) is 83.3 Å². The van der Waals surface area contributed by atoms with Crippen LogP contribution in [0.4, 0.5) is 19.3 Å². The molecule has 2 heterocycles. The van der Waals surface area contributed by atoms with Crippen molar-refractivity contribution in [2.75, 3.05) is 31.5 Å². The van der Waals surface area contributed by atoms with E-state index in [-0.39, 0.29) is 22.2 Å².